The summed E-state index contributed by atoms with van der Waals surface area (Å²) in [4.78, 5) is 12.4. The molecule has 0 radical (unpaired) electrons. The first-order chi connectivity index (χ1) is 10.8. The van der Waals surface area contributed by atoms with E-state index in [1.54, 1.807) is 0 Å². The molecule has 2 N–H and O–H groups in total. The van der Waals surface area contributed by atoms with Crippen LogP contribution in [0.15, 0.2) is 11.6 Å². The Labute approximate surface area is 137 Å². The minimum Gasteiger partial charge on any atom is -0.393 e. The molecule has 0 spiro atoms. The molecule has 4 rings (SSSR count). The maximum absolute atomic E-state index is 15.0. The number of alkyl halides is 1. The van der Waals surface area contributed by atoms with Gasteiger partial charge in [0, 0.05) is 18.3 Å². The highest BCUT2D eigenvalue weighted by atomic mass is 19.1. The van der Waals surface area contributed by atoms with Gasteiger partial charge in [-0.1, -0.05) is 18.6 Å². The van der Waals surface area contributed by atoms with E-state index in [1.807, 2.05) is 13.8 Å². The quantitative estimate of drug-likeness (QED) is 0.674. The zero-order chi connectivity index (χ0) is 16.6. The molecular weight excluding hydrogens is 295 g/mol. The zero-order valence-corrected chi connectivity index (χ0v) is 14.0. The summed E-state index contributed by atoms with van der Waals surface area (Å²) in [7, 11) is 0. The molecule has 0 saturated heterocycles. The van der Waals surface area contributed by atoms with Crippen molar-refractivity contribution in [2.75, 3.05) is 0 Å². The van der Waals surface area contributed by atoms with E-state index in [1.165, 1.54) is 0 Å². The van der Waals surface area contributed by atoms with Gasteiger partial charge >= 0.3 is 0 Å². The number of hydrogen-bond acceptors (Lipinski definition) is 3. The molecule has 23 heavy (non-hydrogen) atoms. The van der Waals surface area contributed by atoms with Crippen molar-refractivity contribution in [3.8, 4) is 0 Å². The van der Waals surface area contributed by atoms with Crippen LogP contribution in [0.4, 0.5) is 4.39 Å². The number of aliphatic hydroxyl groups excluding tert-OH is 2. The van der Waals surface area contributed by atoms with Gasteiger partial charge in [-0.2, -0.15) is 0 Å². The molecular formula is C19H27FO3. The predicted molar refractivity (Wildman–Crippen MR) is 84.4 cm³/mol. The molecule has 128 valence electrons. The van der Waals surface area contributed by atoms with Gasteiger partial charge in [0.05, 0.1) is 17.6 Å². The number of halogens is 1. The van der Waals surface area contributed by atoms with Crippen LogP contribution in [-0.2, 0) is 4.79 Å². The number of allylic oxidation sites excluding steroid dienone is 1. The van der Waals surface area contributed by atoms with Gasteiger partial charge in [-0.3, -0.25) is 4.79 Å². The van der Waals surface area contributed by atoms with Crippen molar-refractivity contribution in [1.29, 1.82) is 0 Å². The average molecular weight is 322 g/mol. The van der Waals surface area contributed by atoms with Gasteiger partial charge in [0.15, 0.2) is 0 Å². The second-order valence-corrected chi connectivity index (χ2v) is 8.68. The lowest BCUT2D eigenvalue weighted by Gasteiger charge is -2.58. The van der Waals surface area contributed by atoms with Gasteiger partial charge in [0.1, 0.15) is 12.0 Å². The third kappa shape index (κ3) is 1.85. The first-order valence-electron chi connectivity index (χ1n) is 9.02. The van der Waals surface area contributed by atoms with Crippen molar-refractivity contribution < 1.29 is 19.4 Å². The molecule has 4 heteroatoms. The third-order valence-corrected chi connectivity index (χ3v) is 7.94. The van der Waals surface area contributed by atoms with Gasteiger partial charge < -0.3 is 10.2 Å². The Morgan fingerprint density at radius 3 is 2.65 bits per heavy atom. The zero-order valence-electron chi connectivity index (χ0n) is 14.0. The molecule has 4 aliphatic rings. The fourth-order valence-electron chi connectivity index (χ4n) is 6.41. The Hall–Kier alpha value is -0.740. The van der Waals surface area contributed by atoms with Gasteiger partial charge in [-0.25, -0.2) is 4.39 Å². The van der Waals surface area contributed by atoms with Gasteiger partial charge in [-0.05, 0) is 50.4 Å². The van der Waals surface area contributed by atoms with Crippen molar-refractivity contribution >= 4 is 5.78 Å². The molecule has 0 aliphatic heterocycles. The standard InChI is InChI=1S/C19H27FO3/c1-18-10(7-11(21)8-15(18)20)3-4-12-13-5-6-16(22)19(13,2)17(23)9-14(12)18/h3,11-15,17,21,23H,4-9H2,1-2H3/t11?,12-,13-,14+,15?,17?,18-,19-/m0/s1. The fourth-order valence-corrected chi connectivity index (χ4v) is 6.41. The molecule has 8 atom stereocenters. The number of ketones is 1. The number of aliphatic hydroxyl groups is 2. The summed E-state index contributed by atoms with van der Waals surface area (Å²) in [5.41, 5.74) is -0.191. The molecule has 3 fully saturated rings. The summed E-state index contributed by atoms with van der Waals surface area (Å²) in [6.45, 7) is 3.91. The first-order valence-corrected chi connectivity index (χ1v) is 9.02. The lowest BCUT2D eigenvalue weighted by Crippen LogP contribution is -2.58. The van der Waals surface area contributed by atoms with Crippen LogP contribution in [-0.4, -0.2) is 34.4 Å². The maximum atomic E-state index is 15.0. The SMILES string of the molecule is C[C@@]12C(=O)CC[C@H]1[C@@H]1CC=C3CC(O)CC(F)[C@]3(C)[C@@H]1CC2O. The fraction of sp³-hybridized carbons (Fsp3) is 0.842. The van der Waals surface area contributed by atoms with Crippen molar-refractivity contribution in [3.05, 3.63) is 11.6 Å². The van der Waals surface area contributed by atoms with Crippen LogP contribution in [0.25, 0.3) is 0 Å². The number of hydrogen-bond donors (Lipinski definition) is 2. The van der Waals surface area contributed by atoms with Crippen molar-refractivity contribution in [3.63, 3.8) is 0 Å². The molecule has 3 saturated carbocycles. The van der Waals surface area contributed by atoms with E-state index in [2.05, 4.69) is 6.08 Å². The second kappa shape index (κ2) is 4.89. The van der Waals surface area contributed by atoms with E-state index in [9.17, 15) is 15.0 Å². The van der Waals surface area contributed by atoms with E-state index in [4.69, 9.17) is 0 Å². The highest BCUT2D eigenvalue weighted by Crippen LogP contribution is 2.64. The van der Waals surface area contributed by atoms with Crippen LogP contribution in [0, 0.1) is 28.6 Å². The normalized spacial score (nSPS) is 55.7. The van der Waals surface area contributed by atoms with Crippen molar-refractivity contribution in [1.82, 2.24) is 0 Å². The molecule has 4 aliphatic carbocycles. The van der Waals surface area contributed by atoms with Crippen molar-refractivity contribution in [2.24, 2.45) is 28.6 Å². The summed E-state index contributed by atoms with van der Waals surface area (Å²) >= 11 is 0. The highest BCUT2D eigenvalue weighted by molar-refractivity contribution is 5.87. The van der Waals surface area contributed by atoms with Gasteiger partial charge in [-0.15, -0.1) is 0 Å². The Bertz CT molecular complexity index is 573. The van der Waals surface area contributed by atoms with Gasteiger partial charge in [0.2, 0.25) is 0 Å². The largest absolute Gasteiger partial charge is 0.393 e. The molecule has 0 heterocycles. The lowest BCUT2D eigenvalue weighted by atomic mass is 9.47. The van der Waals surface area contributed by atoms with Crippen molar-refractivity contribution in [2.45, 2.75) is 70.8 Å². The number of carbonyl (C=O) groups excluding carboxylic acids is 1. The van der Waals surface area contributed by atoms with Crippen LogP contribution in [0.3, 0.4) is 0 Å². The summed E-state index contributed by atoms with van der Waals surface area (Å²) in [6.07, 6.45) is 3.29. The monoisotopic (exact) mass is 322 g/mol. The third-order valence-electron chi connectivity index (χ3n) is 7.94. The molecule has 0 aromatic rings. The minimum absolute atomic E-state index is 0.0731. The maximum Gasteiger partial charge on any atom is 0.141 e. The summed E-state index contributed by atoms with van der Waals surface area (Å²) in [6, 6.07) is 0. The Morgan fingerprint density at radius 1 is 1.17 bits per heavy atom. The average Bonchev–Trinajstić information content (AvgIpc) is 2.80. The second-order valence-electron chi connectivity index (χ2n) is 8.68. The minimum atomic E-state index is -1.07. The molecule has 3 unspecified atom stereocenters. The van der Waals surface area contributed by atoms with Crippen LogP contribution in [0.2, 0.25) is 0 Å². The number of Topliss-reactive ketones (excluding diaryl/α,β-unsaturated/α-hetero) is 1. The molecule has 3 nitrogen and oxygen atoms in total. The smallest absolute Gasteiger partial charge is 0.141 e. The molecule has 0 bridgehead atoms. The van der Waals surface area contributed by atoms with E-state index in [0.29, 0.717) is 19.3 Å². The number of carbonyl (C=O) groups is 1. The Kier molecular flexibility index (Phi) is 3.35. The number of fused-ring (bicyclic) bond motifs is 5. The Balaban J connectivity index is 1.76. The lowest BCUT2D eigenvalue weighted by molar-refractivity contribution is -0.153. The number of rotatable bonds is 0. The van der Waals surface area contributed by atoms with Crippen LogP contribution in [0.1, 0.15) is 52.4 Å². The summed E-state index contributed by atoms with van der Waals surface area (Å²) in [5, 5.41) is 20.7. The molecule has 0 amide bonds. The van der Waals surface area contributed by atoms with E-state index in [-0.39, 0.29) is 30.0 Å². The van der Waals surface area contributed by atoms with Crippen LogP contribution < -0.4 is 0 Å². The first kappa shape index (κ1) is 15.8. The Morgan fingerprint density at radius 2 is 1.91 bits per heavy atom. The van der Waals surface area contributed by atoms with Gasteiger partial charge in [0.25, 0.3) is 0 Å². The van der Waals surface area contributed by atoms with E-state index >= 15 is 4.39 Å². The molecule has 0 aromatic heterocycles. The topological polar surface area (TPSA) is 57.5 Å². The summed E-state index contributed by atoms with van der Waals surface area (Å²) < 4.78 is 15.0. The van der Waals surface area contributed by atoms with Crippen LogP contribution in [0.5, 0.6) is 0 Å². The molecule has 0 aromatic carbocycles. The van der Waals surface area contributed by atoms with Crippen LogP contribution >= 0.6 is 0 Å². The predicted octanol–water partition coefficient (Wildman–Crippen LogP) is 2.80. The van der Waals surface area contributed by atoms with E-state index in [0.717, 1.165) is 18.4 Å². The highest BCUT2D eigenvalue weighted by Gasteiger charge is 2.63. The summed E-state index contributed by atoms with van der Waals surface area (Å²) in [5.74, 6) is 0.697. The van der Waals surface area contributed by atoms with E-state index < -0.39 is 29.2 Å².